The molecule has 0 fully saturated rings. The number of aromatic nitrogens is 2. The molecule has 0 amide bonds. The molecule has 2 aromatic heterocycles. The molecule has 0 saturated carbocycles. The Kier molecular flexibility index (Phi) is 13.8. The highest BCUT2D eigenvalue weighted by molar-refractivity contribution is 7.00. The van der Waals surface area contributed by atoms with E-state index in [4.69, 9.17) is 0 Å². The molecule has 0 saturated heterocycles. The van der Waals surface area contributed by atoms with E-state index in [1.807, 2.05) is 0 Å². The normalized spacial score (nSPS) is 12.4. The molecule has 0 radical (unpaired) electrons. The zero-order valence-corrected chi connectivity index (χ0v) is 58.4. The van der Waals surface area contributed by atoms with Crippen molar-refractivity contribution in [2.24, 2.45) is 0 Å². The first-order valence-corrected chi connectivity index (χ1v) is 37.1. The van der Waals surface area contributed by atoms with Crippen molar-refractivity contribution in [3.8, 4) is 78.1 Å². The van der Waals surface area contributed by atoms with Crippen molar-refractivity contribution in [2.45, 2.75) is 0 Å². The van der Waals surface area contributed by atoms with Gasteiger partial charge in [-0.1, -0.05) is 340 Å². The number of hydrogen-bond acceptors (Lipinski definition) is 2. The van der Waals surface area contributed by atoms with Crippen LogP contribution in [0.4, 0.5) is 34.1 Å². The molecule has 2 aliphatic heterocycles. The van der Waals surface area contributed by atoms with Crippen LogP contribution < -0.4 is 26.2 Å². The van der Waals surface area contributed by atoms with Crippen molar-refractivity contribution >= 4 is 133 Å². The third kappa shape index (κ3) is 9.31. The highest BCUT2D eigenvalue weighted by Gasteiger charge is 2.46. The van der Waals surface area contributed by atoms with Crippen molar-refractivity contribution in [1.29, 1.82) is 0 Å². The fraction of sp³-hybridized carbons (Fsp3) is 0. The lowest BCUT2D eigenvalue weighted by Crippen LogP contribution is -2.61. The summed E-state index contributed by atoms with van der Waals surface area (Å²) in [5.74, 6) is 0. The number of para-hydroxylation sites is 6. The van der Waals surface area contributed by atoms with Crippen LogP contribution >= 0.6 is 0 Å². The van der Waals surface area contributed by atoms with Crippen LogP contribution in [-0.4, -0.2) is 15.8 Å². The van der Waals surface area contributed by atoms with Crippen molar-refractivity contribution in [3.63, 3.8) is 0 Å². The molecule has 496 valence electrons. The summed E-state index contributed by atoms with van der Waals surface area (Å²) < 4.78 is 5.04. The third-order valence-electron chi connectivity index (χ3n) is 22.9. The predicted molar refractivity (Wildman–Crippen MR) is 454 cm³/mol. The van der Waals surface area contributed by atoms with E-state index in [0.717, 1.165) is 118 Å². The number of nitrogens with zero attached hydrogens (tertiary/aromatic N) is 4. The number of fused-ring (bicyclic) bond motifs is 13. The van der Waals surface area contributed by atoms with Gasteiger partial charge in [-0.2, -0.15) is 0 Å². The van der Waals surface area contributed by atoms with Gasteiger partial charge in [0.25, 0.3) is 6.71 Å². The van der Waals surface area contributed by atoms with Gasteiger partial charge < -0.3 is 18.9 Å². The summed E-state index contributed by atoms with van der Waals surface area (Å²) in [6, 6.07) is 148. The van der Waals surface area contributed by atoms with E-state index in [9.17, 15) is 0 Å². The van der Waals surface area contributed by atoms with Crippen molar-refractivity contribution in [3.05, 3.63) is 394 Å². The molecular formula is C102H65BN4. The van der Waals surface area contributed by atoms with Crippen LogP contribution in [0.5, 0.6) is 0 Å². The summed E-state index contributed by atoms with van der Waals surface area (Å²) in [6.45, 7) is -0.290. The Labute approximate surface area is 620 Å². The highest BCUT2D eigenvalue weighted by atomic mass is 15.2. The molecule has 107 heavy (non-hydrogen) atoms. The lowest BCUT2D eigenvalue weighted by atomic mass is 9.33. The first-order valence-electron chi connectivity index (χ1n) is 37.1. The van der Waals surface area contributed by atoms with Crippen LogP contribution in [0.15, 0.2) is 394 Å². The maximum atomic E-state index is 2.71. The first-order chi connectivity index (χ1) is 53.2. The molecule has 22 rings (SSSR count). The average molecular weight is 1360 g/mol. The Morgan fingerprint density at radius 3 is 0.953 bits per heavy atom. The van der Waals surface area contributed by atoms with E-state index in [2.05, 4.69) is 413 Å². The van der Waals surface area contributed by atoms with E-state index in [1.54, 1.807) is 0 Å². The molecular weight excluding hydrogens is 1290 g/mol. The van der Waals surface area contributed by atoms with Crippen molar-refractivity contribution < 1.29 is 0 Å². The summed E-state index contributed by atoms with van der Waals surface area (Å²) in [6.07, 6.45) is 0. The molecule has 0 aliphatic carbocycles. The largest absolute Gasteiger partial charge is 0.310 e. The molecule has 18 aromatic carbocycles. The Morgan fingerprint density at radius 1 is 0.196 bits per heavy atom. The Bertz CT molecular complexity index is 6730. The molecule has 0 atom stereocenters. The minimum atomic E-state index is -0.290. The monoisotopic (exact) mass is 1360 g/mol. The zero-order chi connectivity index (χ0) is 70.2. The molecule has 20 aromatic rings. The standard InChI is InChI=1S/C102H65BN4/c1-5-30-67(31-6-1)75-49-28-50-76(68-32-7-2-8-33-68)101(75)106-94-62-71(98-84-45-15-17-47-86(84)99(87-48-18-16-46-85(87)98)83-53-27-39-66-38-13-14-40-74(66)83)58-60-88(94)103-89-61-59-72(104-90-54-23-19-41-79(90)80-42-20-24-55-91(80)104)63-95(89)107(102-77(69-34-9-3-10-35-69)51-29-52-78(102)70-36-11-4-12-37-70)97-65-73(64-96(106)100(97)103)105-92-56-25-21-43-81(92)82-44-22-26-57-93(82)105/h1-65H. The number of anilines is 6. The second-order valence-electron chi connectivity index (χ2n) is 28.5. The summed E-state index contributed by atoms with van der Waals surface area (Å²) in [5, 5.41) is 12.1. The minimum Gasteiger partial charge on any atom is -0.310 e. The molecule has 0 bridgehead atoms. The molecule has 0 spiro atoms. The van der Waals surface area contributed by atoms with Crippen LogP contribution in [0, 0.1) is 0 Å². The number of benzene rings is 18. The van der Waals surface area contributed by atoms with Gasteiger partial charge >= 0.3 is 0 Å². The van der Waals surface area contributed by atoms with Crippen LogP contribution in [-0.2, 0) is 0 Å². The van der Waals surface area contributed by atoms with Crippen LogP contribution in [0.2, 0.25) is 0 Å². The Hall–Kier alpha value is -14.0. The van der Waals surface area contributed by atoms with Crippen LogP contribution in [0.3, 0.4) is 0 Å². The van der Waals surface area contributed by atoms with Gasteiger partial charge in [-0.25, -0.2) is 0 Å². The lowest BCUT2D eigenvalue weighted by Gasteiger charge is -2.46. The van der Waals surface area contributed by atoms with Gasteiger partial charge in [0.1, 0.15) is 0 Å². The second kappa shape index (κ2) is 24.3. The average Bonchev–Trinajstić information content (AvgIpc) is 0.915. The SMILES string of the molecule is c1ccc(-c2cccc(-c3ccccc3)c2N2c3cc(-c4c5ccccc5c(-c5cccc6ccccc56)c5ccccc45)ccc3B3c4ccc(-n5c6ccccc6c6ccccc65)cc4N(c4c(-c5ccccc5)cccc4-c4ccccc4)c4cc(-n5c6ccccc6c6ccccc65)cc2c43)cc1. The van der Waals surface area contributed by atoms with E-state index in [1.165, 1.54) is 86.9 Å². The molecule has 0 N–H and O–H groups in total. The van der Waals surface area contributed by atoms with Gasteiger partial charge in [-0.3, -0.25) is 0 Å². The maximum absolute atomic E-state index is 2.71. The maximum Gasteiger partial charge on any atom is 0.252 e. The van der Waals surface area contributed by atoms with Gasteiger partial charge in [0, 0.05) is 72.2 Å². The third-order valence-corrected chi connectivity index (χ3v) is 22.9. The van der Waals surface area contributed by atoms with Crippen molar-refractivity contribution in [2.75, 3.05) is 9.80 Å². The summed E-state index contributed by atoms with van der Waals surface area (Å²) in [4.78, 5) is 5.40. The topological polar surface area (TPSA) is 16.3 Å². The van der Waals surface area contributed by atoms with Gasteiger partial charge in [-0.15, -0.1) is 0 Å². The summed E-state index contributed by atoms with van der Waals surface area (Å²) in [7, 11) is 0. The molecule has 5 heteroatoms. The smallest absolute Gasteiger partial charge is 0.252 e. The van der Waals surface area contributed by atoms with Gasteiger partial charge in [0.15, 0.2) is 0 Å². The van der Waals surface area contributed by atoms with Crippen LogP contribution in [0.1, 0.15) is 0 Å². The molecule has 4 heterocycles. The first kappa shape index (κ1) is 60.6. The van der Waals surface area contributed by atoms with E-state index in [0.29, 0.717) is 0 Å². The van der Waals surface area contributed by atoms with E-state index < -0.39 is 0 Å². The highest BCUT2D eigenvalue weighted by Crippen LogP contribution is 2.56. The summed E-state index contributed by atoms with van der Waals surface area (Å²) in [5.41, 5.74) is 30.7. The fourth-order valence-corrected chi connectivity index (χ4v) is 18.4. The van der Waals surface area contributed by atoms with Gasteiger partial charge in [-0.05, 0) is 148 Å². The number of rotatable bonds is 10. The minimum absolute atomic E-state index is 0.290. The molecule has 4 nitrogen and oxygen atoms in total. The fourth-order valence-electron chi connectivity index (χ4n) is 18.4. The van der Waals surface area contributed by atoms with E-state index >= 15 is 0 Å². The lowest BCUT2D eigenvalue weighted by molar-refractivity contribution is 1.15. The second-order valence-corrected chi connectivity index (χ2v) is 28.5. The van der Waals surface area contributed by atoms with Crippen LogP contribution in [0.25, 0.3) is 154 Å². The Morgan fingerprint density at radius 2 is 0.514 bits per heavy atom. The summed E-state index contributed by atoms with van der Waals surface area (Å²) >= 11 is 0. The van der Waals surface area contributed by atoms with Crippen molar-refractivity contribution in [1.82, 2.24) is 9.13 Å². The Balaban J connectivity index is 0.926. The van der Waals surface area contributed by atoms with Gasteiger partial charge in [0.05, 0.1) is 39.1 Å². The van der Waals surface area contributed by atoms with Gasteiger partial charge in [0.2, 0.25) is 0 Å². The molecule has 2 aliphatic rings. The zero-order valence-electron chi connectivity index (χ0n) is 58.4. The van der Waals surface area contributed by atoms with E-state index in [-0.39, 0.29) is 6.71 Å². The predicted octanol–water partition coefficient (Wildman–Crippen LogP) is 25.4. The quantitative estimate of drug-likeness (QED) is 0.100. The molecule has 0 unspecified atom stereocenters. The number of hydrogen-bond donors (Lipinski definition) is 0.